The molecule has 7 heteroatoms. The number of fused-ring (bicyclic) bond motifs is 1. The summed E-state index contributed by atoms with van der Waals surface area (Å²) in [7, 11) is 4.76. The van der Waals surface area contributed by atoms with E-state index in [-0.39, 0.29) is 5.91 Å². The highest BCUT2D eigenvalue weighted by Crippen LogP contribution is 2.41. The second-order valence-electron chi connectivity index (χ2n) is 7.84. The predicted octanol–water partition coefficient (Wildman–Crippen LogP) is 3.46. The van der Waals surface area contributed by atoms with Crippen LogP contribution >= 0.6 is 0 Å². The first kappa shape index (κ1) is 21.1. The van der Waals surface area contributed by atoms with Crippen LogP contribution in [0.4, 0.5) is 0 Å². The van der Waals surface area contributed by atoms with Crippen molar-refractivity contribution in [3.8, 4) is 17.2 Å². The average molecular weight is 424 g/mol. The van der Waals surface area contributed by atoms with E-state index in [1.54, 1.807) is 27.4 Å². The molecule has 1 N–H and O–H groups in total. The van der Waals surface area contributed by atoms with Gasteiger partial charge < -0.3 is 24.1 Å². The van der Waals surface area contributed by atoms with Crippen LogP contribution < -0.4 is 14.2 Å². The Kier molecular flexibility index (Phi) is 6.04. The quantitative estimate of drug-likeness (QED) is 0.658. The summed E-state index contributed by atoms with van der Waals surface area (Å²) in [5.41, 5.74) is 3.79. The molecule has 4 rings (SSSR count). The number of aromatic amines is 1. The van der Waals surface area contributed by atoms with Gasteiger partial charge in [0.25, 0.3) is 5.91 Å². The summed E-state index contributed by atoms with van der Waals surface area (Å²) in [5, 5.41) is 0.793. The van der Waals surface area contributed by atoms with Crippen molar-refractivity contribution in [2.45, 2.75) is 13.5 Å². The lowest BCUT2D eigenvalue weighted by Gasteiger charge is -2.34. The number of rotatable bonds is 6. The van der Waals surface area contributed by atoms with E-state index in [4.69, 9.17) is 14.2 Å². The molecule has 31 heavy (non-hydrogen) atoms. The van der Waals surface area contributed by atoms with Crippen molar-refractivity contribution in [2.75, 3.05) is 47.5 Å². The molecule has 1 amide bonds. The first-order chi connectivity index (χ1) is 15.0. The van der Waals surface area contributed by atoms with Crippen molar-refractivity contribution in [1.29, 1.82) is 0 Å². The molecule has 0 radical (unpaired) electrons. The maximum atomic E-state index is 13.2. The van der Waals surface area contributed by atoms with Crippen molar-refractivity contribution in [3.63, 3.8) is 0 Å². The molecule has 1 aromatic heterocycles. The van der Waals surface area contributed by atoms with Crippen molar-refractivity contribution in [2.24, 2.45) is 0 Å². The lowest BCUT2D eigenvalue weighted by Crippen LogP contribution is -2.48. The number of nitrogens with one attached hydrogen (secondary N) is 1. The van der Waals surface area contributed by atoms with E-state index in [0.717, 1.165) is 25.0 Å². The average Bonchev–Trinajstić information content (AvgIpc) is 3.23. The number of carbonyl (C=O) groups is 1. The van der Waals surface area contributed by atoms with Gasteiger partial charge in [-0.05, 0) is 18.6 Å². The van der Waals surface area contributed by atoms with Crippen LogP contribution in [0.1, 0.15) is 21.6 Å². The Bertz CT molecular complexity index is 1080. The van der Waals surface area contributed by atoms with Gasteiger partial charge in [0.05, 0.1) is 26.8 Å². The van der Waals surface area contributed by atoms with Gasteiger partial charge >= 0.3 is 0 Å². The molecule has 3 aromatic rings. The van der Waals surface area contributed by atoms with Gasteiger partial charge in [0.1, 0.15) is 11.4 Å². The predicted molar refractivity (Wildman–Crippen MR) is 120 cm³/mol. The highest BCUT2D eigenvalue weighted by Gasteiger charge is 2.25. The van der Waals surface area contributed by atoms with Crippen LogP contribution in [-0.4, -0.2) is 68.2 Å². The number of H-pyrrole nitrogens is 1. The summed E-state index contributed by atoms with van der Waals surface area (Å²) in [4.78, 5) is 20.7. The normalized spacial score (nSPS) is 14.6. The van der Waals surface area contributed by atoms with E-state index < -0.39 is 0 Å². The largest absolute Gasteiger partial charge is 0.496 e. The second kappa shape index (κ2) is 8.89. The van der Waals surface area contributed by atoms with Gasteiger partial charge in [-0.2, -0.15) is 0 Å². The summed E-state index contributed by atoms with van der Waals surface area (Å²) in [6, 6.07) is 12.2. The number of piperazine rings is 1. The number of amides is 1. The van der Waals surface area contributed by atoms with E-state index in [2.05, 4.69) is 41.1 Å². The highest BCUT2D eigenvalue weighted by atomic mass is 16.5. The minimum atomic E-state index is -0.0190. The smallest absolute Gasteiger partial charge is 0.270 e. The number of benzene rings is 2. The number of hydrogen-bond donors (Lipinski definition) is 1. The Labute approximate surface area is 182 Å². The molecule has 0 atom stereocenters. The number of carbonyl (C=O) groups excluding carboxylic acids is 1. The van der Waals surface area contributed by atoms with Gasteiger partial charge in [0.15, 0.2) is 11.5 Å². The second-order valence-corrected chi connectivity index (χ2v) is 7.84. The molecule has 1 saturated heterocycles. The van der Waals surface area contributed by atoms with Crippen LogP contribution in [0.5, 0.6) is 17.2 Å². The van der Waals surface area contributed by atoms with Gasteiger partial charge in [-0.15, -0.1) is 0 Å². The maximum Gasteiger partial charge on any atom is 0.270 e. The zero-order valence-electron chi connectivity index (χ0n) is 18.5. The molecule has 7 nitrogen and oxygen atoms in total. The number of aromatic nitrogens is 1. The van der Waals surface area contributed by atoms with Gasteiger partial charge in [-0.1, -0.05) is 29.8 Å². The Balaban J connectivity index is 1.50. The summed E-state index contributed by atoms with van der Waals surface area (Å²) in [5.74, 6) is 1.72. The first-order valence-electron chi connectivity index (χ1n) is 10.4. The first-order valence-corrected chi connectivity index (χ1v) is 10.4. The van der Waals surface area contributed by atoms with Crippen molar-refractivity contribution >= 4 is 16.8 Å². The summed E-state index contributed by atoms with van der Waals surface area (Å²) in [6.07, 6.45) is 0. The van der Waals surface area contributed by atoms with Gasteiger partial charge in [-0.3, -0.25) is 9.69 Å². The maximum absolute atomic E-state index is 13.2. The number of methoxy groups -OCH3 is 3. The molecule has 0 unspecified atom stereocenters. The van der Waals surface area contributed by atoms with Crippen LogP contribution in [0, 0.1) is 6.92 Å². The zero-order chi connectivity index (χ0) is 22.0. The topological polar surface area (TPSA) is 67.0 Å². The van der Waals surface area contributed by atoms with E-state index in [9.17, 15) is 4.79 Å². The highest BCUT2D eigenvalue weighted by molar-refractivity contribution is 6.02. The third-order valence-electron chi connectivity index (χ3n) is 5.82. The summed E-state index contributed by atoms with van der Waals surface area (Å²) in [6.45, 7) is 6.10. The SMILES string of the molecule is COc1cc(OC)c2cc(C(=O)N3CCN(Cc4cccc(C)c4)CC3)[nH]c2c1OC. The van der Waals surface area contributed by atoms with E-state index in [1.165, 1.54) is 11.1 Å². The molecule has 1 fully saturated rings. The fourth-order valence-corrected chi connectivity index (χ4v) is 4.20. The Morgan fingerprint density at radius 2 is 1.71 bits per heavy atom. The molecule has 0 aliphatic carbocycles. The molecule has 0 spiro atoms. The lowest BCUT2D eigenvalue weighted by atomic mass is 10.1. The van der Waals surface area contributed by atoms with E-state index in [1.807, 2.05) is 11.0 Å². The van der Waals surface area contributed by atoms with Crippen molar-refractivity contribution in [1.82, 2.24) is 14.8 Å². The molecular formula is C24H29N3O4. The Morgan fingerprint density at radius 3 is 2.35 bits per heavy atom. The van der Waals surface area contributed by atoms with Crippen LogP contribution in [0.3, 0.4) is 0 Å². The molecule has 164 valence electrons. The number of aryl methyl sites for hydroxylation is 1. The van der Waals surface area contributed by atoms with Crippen molar-refractivity contribution < 1.29 is 19.0 Å². The molecule has 1 aliphatic rings. The van der Waals surface area contributed by atoms with Crippen molar-refractivity contribution in [3.05, 3.63) is 53.2 Å². The number of hydrogen-bond acceptors (Lipinski definition) is 5. The third kappa shape index (κ3) is 4.18. The monoisotopic (exact) mass is 423 g/mol. The van der Waals surface area contributed by atoms with Gasteiger partial charge in [0, 0.05) is 44.2 Å². The standard InChI is InChI=1S/C24H29N3O4/c1-16-6-5-7-17(12-16)15-26-8-10-27(11-9-26)24(28)19-13-18-20(29-2)14-21(30-3)23(31-4)22(18)25-19/h5-7,12-14,25H,8-11,15H2,1-4H3. The Morgan fingerprint density at radius 1 is 0.968 bits per heavy atom. The van der Waals surface area contributed by atoms with Gasteiger partial charge in [-0.25, -0.2) is 0 Å². The number of nitrogens with zero attached hydrogens (tertiary/aromatic N) is 2. The molecule has 1 aliphatic heterocycles. The fraction of sp³-hybridized carbons (Fsp3) is 0.375. The summed E-state index contributed by atoms with van der Waals surface area (Å²) >= 11 is 0. The van der Waals surface area contributed by atoms with Crippen LogP contribution in [0.15, 0.2) is 36.4 Å². The van der Waals surface area contributed by atoms with Crippen LogP contribution in [0.25, 0.3) is 10.9 Å². The zero-order valence-corrected chi connectivity index (χ0v) is 18.5. The molecular weight excluding hydrogens is 394 g/mol. The van der Waals surface area contributed by atoms with Gasteiger partial charge in [0.2, 0.25) is 0 Å². The Hall–Kier alpha value is -3.19. The van der Waals surface area contributed by atoms with E-state index in [0.29, 0.717) is 41.5 Å². The van der Waals surface area contributed by atoms with E-state index >= 15 is 0 Å². The minimum absolute atomic E-state index is 0.0190. The summed E-state index contributed by atoms with van der Waals surface area (Å²) < 4.78 is 16.4. The number of ether oxygens (including phenoxy) is 3. The molecule has 0 bridgehead atoms. The lowest BCUT2D eigenvalue weighted by molar-refractivity contribution is 0.0623. The molecule has 0 saturated carbocycles. The fourth-order valence-electron chi connectivity index (χ4n) is 4.20. The molecule has 2 aromatic carbocycles. The molecule has 2 heterocycles. The third-order valence-corrected chi connectivity index (χ3v) is 5.82. The minimum Gasteiger partial charge on any atom is -0.496 e. The van der Waals surface area contributed by atoms with Crippen LogP contribution in [-0.2, 0) is 6.54 Å². The van der Waals surface area contributed by atoms with Crippen LogP contribution in [0.2, 0.25) is 0 Å².